The Balaban J connectivity index is 1.80. The number of amides is 1. The molecule has 0 fully saturated rings. The Morgan fingerprint density at radius 2 is 1.73 bits per heavy atom. The number of carbonyl (C=O) groups excluding carboxylic acids is 1. The van der Waals surface area contributed by atoms with Crippen LogP contribution in [0.15, 0.2) is 54.9 Å². The number of hydrogen-bond donors (Lipinski definition) is 0. The van der Waals surface area contributed by atoms with Crippen LogP contribution in [0.5, 0.6) is 5.75 Å². The molecule has 156 valence electrons. The first-order valence-corrected chi connectivity index (χ1v) is 10.5. The third-order valence-corrected chi connectivity index (χ3v) is 5.68. The summed E-state index contributed by atoms with van der Waals surface area (Å²) in [5.74, 6) is 1.66. The summed E-state index contributed by atoms with van der Waals surface area (Å²) in [5.41, 5.74) is 2.13. The topological polar surface area (TPSA) is 60.2 Å². The van der Waals surface area contributed by atoms with Gasteiger partial charge in [0.1, 0.15) is 12.1 Å². The fraction of sp³-hybridized carbons (Fsp3) is 0.348. The molecule has 1 aliphatic rings. The van der Waals surface area contributed by atoms with Gasteiger partial charge in [0.25, 0.3) is 0 Å². The largest absolute Gasteiger partial charge is 0.497 e. The van der Waals surface area contributed by atoms with Crippen LogP contribution in [0.3, 0.4) is 0 Å². The average Bonchev–Trinajstić information content (AvgIpc) is 3.22. The van der Waals surface area contributed by atoms with Crippen LogP contribution in [0.1, 0.15) is 49.9 Å². The van der Waals surface area contributed by atoms with Gasteiger partial charge < -0.3 is 4.74 Å². The van der Waals surface area contributed by atoms with Gasteiger partial charge >= 0.3 is 0 Å². The van der Waals surface area contributed by atoms with E-state index >= 15 is 0 Å². The van der Waals surface area contributed by atoms with Gasteiger partial charge in [-0.1, -0.05) is 49.7 Å². The Morgan fingerprint density at radius 1 is 1.10 bits per heavy atom. The van der Waals surface area contributed by atoms with Crippen molar-refractivity contribution in [3.05, 3.63) is 71.0 Å². The van der Waals surface area contributed by atoms with Crippen molar-refractivity contribution in [3.8, 4) is 5.75 Å². The number of hydrogen-bond acceptors (Lipinski definition) is 4. The number of anilines is 1. The van der Waals surface area contributed by atoms with Crippen LogP contribution in [0, 0.1) is 5.92 Å². The molecule has 0 bridgehead atoms. The molecule has 0 saturated carbocycles. The number of aromatic nitrogens is 3. The zero-order valence-electron chi connectivity index (χ0n) is 17.3. The van der Waals surface area contributed by atoms with Gasteiger partial charge in [0, 0.05) is 11.4 Å². The predicted octanol–water partition coefficient (Wildman–Crippen LogP) is 5.05. The van der Waals surface area contributed by atoms with E-state index in [0.717, 1.165) is 16.9 Å². The van der Waals surface area contributed by atoms with E-state index in [2.05, 4.69) is 10.1 Å². The summed E-state index contributed by atoms with van der Waals surface area (Å²) in [6.07, 6.45) is 2.66. The van der Waals surface area contributed by atoms with Gasteiger partial charge in [-0.2, -0.15) is 10.1 Å². The molecule has 1 amide bonds. The Hall–Kier alpha value is -2.86. The Kier molecular flexibility index (Phi) is 5.77. The summed E-state index contributed by atoms with van der Waals surface area (Å²) in [5, 5.41) is 5.15. The Labute approximate surface area is 181 Å². The summed E-state index contributed by atoms with van der Waals surface area (Å²) in [4.78, 5) is 19.5. The molecule has 0 aliphatic carbocycles. The zero-order valence-corrected chi connectivity index (χ0v) is 18.1. The number of rotatable bonds is 5. The number of benzene rings is 2. The van der Waals surface area contributed by atoms with Crippen molar-refractivity contribution < 1.29 is 9.53 Å². The third-order valence-electron chi connectivity index (χ3n) is 5.43. The van der Waals surface area contributed by atoms with Crippen LogP contribution in [-0.2, 0) is 4.79 Å². The summed E-state index contributed by atoms with van der Waals surface area (Å²) in [7, 11) is 1.65. The Bertz CT molecular complexity index is 1010. The van der Waals surface area contributed by atoms with Gasteiger partial charge in [-0.05, 0) is 47.7 Å². The van der Waals surface area contributed by atoms with Crippen molar-refractivity contribution in [1.29, 1.82) is 0 Å². The molecule has 1 aliphatic heterocycles. The van der Waals surface area contributed by atoms with Crippen LogP contribution in [0.4, 0.5) is 5.95 Å². The molecule has 7 heteroatoms. The molecule has 0 unspecified atom stereocenters. The summed E-state index contributed by atoms with van der Waals surface area (Å²) in [6.45, 7) is 4.09. The first-order valence-electron chi connectivity index (χ1n) is 10.1. The number of methoxy groups -OCH3 is 1. The number of ether oxygens (including phenoxy) is 1. The lowest BCUT2D eigenvalue weighted by Crippen LogP contribution is -2.43. The van der Waals surface area contributed by atoms with Crippen LogP contribution < -0.4 is 9.64 Å². The quantitative estimate of drug-likeness (QED) is 0.574. The molecule has 6 nitrogen and oxygen atoms in total. The molecule has 1 aromatic heterocycles. The number of halogens is 1. The summed E-state index contributed by atoms with van der Waals surface area (Å²) < 4.78 is 7.16. The standard InChI is InChI=1S/C23H25ClN4O2/c1-15(2)12-22(29)27-20(16-6-10-19(30-3)11-7-16)13-21(28-23(27)25-14-26-28)17-4-8-18(24)9-5-17/h4-11,14-15,20-21H,12-13H2,1-3H3/t20-,21+/m0/s1. The maximum absolute atomic E-state index is 13.3. The second kappa shape index (κ2) is 8.48. The normalized spacial score (nSPS) is 18.4. The molecule has 2 heterocycles. The number of nitrogens with zero attached hydrogens (tertiary/aromatic N) is 4. The fourth-order valence-electron chi connectivity index (χ4n) is 4.00. The maximum atomic E-state index is 13.3. The molecule has 2 atom stereocenters. The SMILES string of the molecule is COc1ccc([C@@H]2C[C@H](c3ccc(Cl)cc3)n3ncnc3N2C(=O)CC(C)C)cc1. The van der Waals surface area contributed by atoms with Gasteiger partial charge in [0.05, 0.1) is 19.2 Å². The first-order chi connectivity index (χ1) is 14.5. The highest BCUT2D eigenvalue weighted by Gasteiger charge is 2.39. The molecule has 0 N–H and O–H groups in total. The van der Waals surface area contributed by atoms with E-state index in [9.17, 15) is 4.79 Å². The molecule has 4 rings (SSSR count). The van der Waals surface area contributed by atoms with E-state index in [0.29, 0.717) is 23.8 Å². The highest BCUT2D eigenvalue weighted by atomic mass is 35.5. The summed E-state index contributed by atoms with van der Waals surface area (Å²) in [6, 6.07) is 15.5. The van der Waals surface area contributed by atoms with Gasteiger partial charge in [-0.15, -0.1) is 0 Å². The van der Waals surface area contributed by atoms with E-state index < -0.39 is 0 Å². The second-order valence-electron chi connectivity index (χ2n) is 7.96. The minimum absolute atomic E-state index is 0.0463. The van der Waals surface area contributed by atoms with Crippen molar-refractivity contribution in [2.24, 2.45) is 5.92 Å². The lowest BCUT2D eigenvalue weighted by Gasteiger charge is -2.39. The van der Waals surface area contributed by atoms with Crippen LogP contribution in [0.2, 0.25) is 5.02 Å². The number of fused-ring (bicyclic) bond motifs is 1. The van der Waals surface area contributed by atoms with Crippen molar-refractivity contribution in [3.63, 3.8) is 0 Å². The van der Waals surface area contributed by atoms with Crippen LogP contribution >= 0.6 is 11.6 Å². The lowest BCUT2D eigenvalue weighted by molar-refractivity contribution is -0.120. The first kappa shape index (κ1) is 20.4. The molecule has 2 aromatic carbocycles. The molecule has 0 saturated heterocycles. The van der Waals surface area contributed by atoms with Gasteiger partial charge in [-0.3, -0.25) is 9.69 Å². The molecular weight excluding hydrogens is 400 g/mol. The second-order valence-corrected chi connectivity index (χ2v) is 8.39. The molecular formula is C23H25ClN4O2. The molecule has 0 radical (unpaired) electrons. The lowest BCUT2D eigenvalue weighted by atomic mass is 9.91. The van der Waals surface area contributed by atoms with E-state index in [1.54, 1.807) is 12.0 Å². The van der Waals surface area contributed by atoms with E-state index in [1.807, 2.05) is 67.1 Å². The van der Waals surface area contributed by atoms with Crippen LogP contribution in [-0.4, -0.2) is 27.8 Å². The molecule has 30 heavy (non-hydrogen) atoms. The Morgan fingerprint density at radius 3 is 2.37 bits per heavy atom. The highest BCUT2D eigenvalue weighted by molar-refractivity contribution is 6.30. The highest BCUT2D eigenvalue weighted by Crippen LogP contribution is 2.42. The minimum atomic E-state index is -0.153. The fourth-order valence-corrected chi connectivity index (χ4v) is 4.12. The van der Waals surface area contributed by atoms with E-state index in [1.165, 1.54) is 6.33 Å². The van der Waals surface area contributed by atoms with Crippen molar-refractivity contribution in [1.82, 2.24) is 14.8 Å². The van der Waals surface area contributed by atoms with Crippen LogP contribution in [0.25, 0.3) is 0 Å². The monoisotopic (exact) mass is 424 g/mol. The van der Waals surface area contributed by atoms with Crippen molar-refractivity contribution >= 4 is 23.5 Å². The molecule has 3 aromatic rings. The number of carbonyl (C=O) groups is 1. The van der Waals surface area contributed by atoms with Gasteiger partial charge in [0.2, 0.25) is 11.9 Å². The van der Waals surface area contributed by atoms with E-state index in [4.69, 9.17) is 16.3 Å². The maximum Gasteiger partial charge on any atom is 0.231 e. The molecule has 0 spiro atoms. The van der Waals surface area contributed by atoms with Crippen molar-refractivity contribution in [2.45, 2.75) is 38.8 Å². The van der Waals surface area contributed by atoms with E-state index in [-0.39, 0.29) is 23.9 Å². The van der Waals surface area contributed by atoms with Gasteiger partial charge in [-0.25, -0.2) is 4.68 Å². The third kappa shape index (κ3) is 3.92. The van der Waals surface area contributed by atoms with Gasteiger partial charge in [0.15, 0.2) is 0 Å². The zero-order chi connectivity index (χ0) is 21.3. The average molecular weight is 425 g/mol. The predicted molar refractivity (Wildman–Crippen MR) is 117 cm³/mol. The minimum Gasteiger partial charge on any atom is -0.497 e. The smallest absolute Gasteiger partial charge is 0.231 e. The summed E-state index contributed by atoms with van der Waals surface area (Å²) >= 11 is 6.10. The van der Waals surface area contributed by atoms with Crippen molar-refractivity contribution in [2.75, 3.05) is 12.0 Å².